The Morgan fingerprint density at radius 2 is 1.61 bits per heavy atom. The van der Waals surface area contributed by atoms with Gasteiger partial charge in [-0.3, -0.25) is 4.79 Å². The first kappa shape index (κ1) is 24.7. The van der Waals surface area contributed by atoms with Gasteiger partial charge >= 0.3 is 0 Å². The number of anilines is 1. The minimum atomic E-state index is -0.0856. The Morgan fingerprint density at radius 1 is 1.00 bits per heavy atom. The van der Waals surface area contributed by atoms with Crippen LogP contribution < -0.4 is 20.1 Å². The number of benzene rings is 2. The average Bonchev–Trinajstić information content (AvgIpc) is 3.29. The number of hydrogen-bond donors (Lipinski definition) is 2. The fourth-order valence-corrected chi connectivity index (χ4v) is 4.70. The van der Waals surface area contributed by atoms with Crippen molar-refractivity contribution in [3.8, 4) is 22.6 Å². The second-order valence-corrected chi connectivity index (χ2v) is 9.26. The molecule has 3 rings (SSSR count). The predicted molar refractivity (Wildman–Crippen MR) is 137 cm³/mol. The van der Waals surface area contributed by atoms with E-state index in [4.69, 9.17) is 9.47 Å². The number of methoxy groups -OCH3 is 2. The monoisotopic (exact) mass is 450 g/mol. The van der Waals surface area contributed by atoms with Crippen LogP contribution in [0.3, 0.4) is 0 Å². The average molecular weight is 451 g/mol. The molecule has 1 saturated carbocycles. The molecular weight excluding hydrogens is 412 g/mol. The first-order chi connectivity index (χ1) is 15.8. The van der Waals surface area contributed by atoms with E-state index in [1.807, 2.05) is 40.7 Å². The van der Waals surface area contributed by atoms with Crippen molar-refractivity contribution >= 4 is 17.7 Å². The molecule has 0 radical (unpaired) electrons. The number of nitrogens with one attached hydrogen (secondary N) is 2. The number of amides is 1. The number of ether oxygens (including phenoxy) is 2. The maximum absolute atomic E-state index is 12.5. The molecule has 0 bridgehead atoms. The van der Waals surface area contributed by atoms with E-state index in [1.54, 1.807) is 14.2 Å². The molecule has 0 spiro atoms. The molecule has 0 atom stereocenters. The van der Waals surface area contributed by atoms with Gasteiger partial charge < -0.3 is 20.1 Å². The van der Waals surface area contributed by atoms with Crippen molar-refractivity contribution in [1.29, 1.82) is 0 Å². The Labute approximate surface area is 198 Å². The topological polar surface area (TPSA) is 59.6 Å². The summed E-state index contributed by atoms with van der Waals surface area (Å²) in [6.07, 6.45) is 7.00. The molecule has 1 fully saturated rings. The molecule has 178 valence electrons. The van der Waals surface area contributed by atoms with Gasteiger partial charge in [-0.1, -0.05) is 25.0 Å². The largest absolute Gasteiger partial charge is 0.496 e. The normalized spacial score (nSPS) is 14.5. The van der Waals surface area contributed by atoms with Crippen molar-refractivity contribution in [2.75, 3.05) is 19.5 Å². The van der Waals surface area contributed by atoms with Gasteiger partial charge in [-0.15, -0.1) is 0 Å². The minimum Gasteiger partial charge on any atom is -0.496 e. The Kier molecular flexibility index (Phi) is 8.06. The van der Waals surface area contributed by atoms with Gasteiger partial charge in [-0.2, -0.15) is 0 Å². The molecule has 0 heterocycles. The Morgan fingerprint density at radius 3 is 2.15 bits per heavy atom. The summed E-state index contributed by atoms with van der Waals surface area (Å²) in [7, 11) is 3.37. The van der Waals surface area contributed by atoms with E-state index in [0.717, 1.165) is 45.0 Å². The summed E-state index contributed by atoms with van der Waals surface area (Å²) in [4.78, 5) is 12.5. The molecule has 33 heavy (non-hydrogen) atoms. The van der Waals surface area contributed by atoms with E-state index in [1.165, 1.54) is 25.7 Å². The lowest BCUT2D eigenvalue weighted by atomic mass is 9.91. The molecule has 2 N–H and O–H groups in total. The van der Waals surface area contributed by atoms with E-state index in [2.05, 4.69) is 34.9 Å². The second kappa shape index (κ2) is 10.8. The summed E-state index contributed by atoms with van der Waals surface area (Å²) in [6, 6.07) is 9.21. The third-order valence-electron chi connectivity index (χ3n) is 6.38. The Balaban J connectivity index is 2.03. The lowest BCUT2D eigenvalue weighted by molar-refractivity contribution is -0.117. The fraction of sp³-hybridized carbons (Fsp3) is 0.464. The van der Waals surface area contributed by atoms with Gasteiger partial charge in [-0.05, 0) is 71.2 Å². The van der Waals surface area contributed by atoms with Crippen LogP contribution in [0.15, 0.2) is 29.8 Å². The van der Waals surface area contributed by atoms with Crippen LogP contribution in [0.5, 0.6) is 11.5 Å². The maximum Gasteiger partial charge on any atom is 0.247 e. The molecule has 5 nitrogen and oxygen atoms in total. The summed E-state index contributed by atoms with van der Waals surface area (Å²) < 4.78 is 11.7. The molecule has 0 saturated heterocycles. The van der Waals surface area contributed by atoms with E-state index in [9.17, 15) is 4.79 Å². The number of hydrogen-bond acceptors (Lipinski definition) is 4. The van der Waals surface area contributed by atoms with Crippen molar-refractivity contribution in [2.45, 2.75) is 72.4 Å². The van der Waals surface area contributed by atoms with Gasteiger partial charge in [0.05, 0.1) is 14.2 Å². The van der Waals surface area contributed by atoms with Gasteiger partial charge in [0.1, 0.15) is 11.5 Å². The molecular formula is C28H38N2O3. The first-order valence-corrected chi connectivity index (χ1v) is 11.9. The second-order valence-electron chi connectivity index (χ2n) is 9.26. The molecule has 1 aliphatic carbocycles. The fourth-order valence-electron chi connectivity index (χ4n) is 4.70. The van der Waals surface area contributed by atoms with Gasteiger partial charge in [0.2, 0.25) is 5.91 Å². The van der Waals surface area contributed by atoms with Gasteiger partial charge in [0.15, 0.2) is 0 Å². The highest BCUT2D eigenvalue weighted by Crippen LogP contribution is 2.45. The van der Waals surface area contributed by atoms with Crippen LogP contribution in [-0.2, 0) is 4.79 Å². The minimum absolute atomic E-state index is 0.0774. The van der Waals surface area contributed by atoms with Crippen LogP contribution in [0.2, 0.25) is 0 Å². The van der Waals surface area contributed by atoms with Gasteiger partial charge in [0, 0.05) is 45.6 Å². The summed E-state index contributed by atoms with van der Waals surface area (Å²) >= 11 is 0. The Bertz CT molecular complexity index is 1020. The van der Waals surface area contributed by atoms with Crippen LogP contribution >= 0.6 is 0 Å². The zero-order valence-corrected chi connectivity index (χ0v) is 21.1. The highest BCUT2D eigenvalue weighted by atomic mass is 16.5. The first-order valence-electron chi connectivity index (χ1n) is 11.9. The van der Waals surface area contributed by atoms with E-state index in [0.29, 0.717) is 11.6 Å². The number of rotatable bonds is 8. The number of carbonyl (C=O) groups is 1. The van der Waals surface area contributed by atoms with Crippen molar-refractivity contribution in [3.05, 3.63) is 46.5 Å². The smallest absolute Gasteiger partial charge is 0.247 e. The quantitative estimate of drug-likeness (QED) is 0.465. The zero-order chi connectivity index (χ0) is 24.1. The molecule has 5 heteroatoms. The van der Waals surface area contributed by atoms with Gasteiger partial charge in [0.25, 0.3) is 0 Å². The molecule has 2 aromatic rings. The van der Waals surface area contributed by atoms with Crippen LogP contribution in [0.1, 0.15) is 63.1 Å². The molecule has 0 unspecified atom stereocenters. The standard InChI is InChI=1S/C28H38N2O3/c1-17(2)29-28(31)18(3)16-24-19(4)27(33-7)25(20(5)26(24)32-6)21-12-14-23(15-13-21)30-22-10-8-9-11-22/h12-17,22,30H,8-11H2,1-7H3,(H,29,31). The highest BCUT2D eigenvalue weighted by molar-refractivity contribution is 5.98. The van der Waals surface area contributed by atoms with E-state index in [-0.39, 0.29) is 11.9 Å². The third-order valence-corrected chi connectivity index (χ3v) is 6.38. The van der Waals surface area contributed by atoms with Crippen molar-refractivity contribution in [1.82, 2.24) is 5.32 Å². The number of carbonyl (C=O) groups excluding carboxylic acids is 1. The van der Waals surface area contributed by atoms with E-state index >= 15 is 0 Å². The highest BCUT2D eigenvalue weighted by Gasteiger charge is 2.22. The summed E-state index contributed by atoms with van der Waals surface area (Å²) in [6.45, 7) is 9.78. The molecule has 0 aromatic heterocycles. The molecule has 1 amide bonds. The van der Waals surface area contributed by atoms with Crippen LogP contribution in [0.25, 0.3) is 17.2 Å². The lowest BCUT2D eigenvalue weighted by Gasteiger charge is -2.22. The predicted octanol–water partition coefficient (Wildman–Crippen LogP) is 6.27. The van der Waals surface area contributed by atoms with Crippen LogP contribution in [0, 0.1) is 13.8 Å². The zero-order valence-electron chi connectivity index (χ0n) is 21.1. The van der Waals surface area contributed by atoms with Crippen molar-refractivity contribution in [3.63, 3.8) is 0 Å². The lowest BCUT2D eigenvalue weighted by Crippen LogP contribution is -2.30. The van der Waals surface area contributed by atoms with Gasteiger partial charge in [-0.25, -0.2) is 0 Å². The third kappa shape index (κ3) is 5.52. The van der Waals surface area contributed by atoms with Crippen molar-refractivity contribution < 1.29 is 14.3 Å². The SMILES string of the molecule is COc1c(C)c(-c2ccc(NC3CCCC3)cc2)c(OC)c(C)c1C=C(C)C(=O)NC(C)C. The molecule has 0 aliphatic heterocycles. The summed E-state index contributed by atoms with van der Waals surface area (Å²) in [5, 5.41) is 6.60. The van der Waals surface area contributed by atoms with Crippen LogP contribution in [0.4, 0.5) is 5.69 Å². The van der Waals surface area contributed by atoms with Crippen molar-refractivity contribution in [2.24, 2.45) is 0 Å². The summed E-state index contributed by atoms with van der Waals surface area (Å²) in [5.74, 6) is 1.47. The maximum atomic E-state index is 12.5. The Hall–Kier alpha value is -2.95. The summed E-state index contributed by atoms with van der Waals surface area (Å²) in [5.41, 5.74) is 6.67. The molecule has 2 aromatic carbocycles. The van der Waals surface area contributed by atoms with Crippen LogP contribution in [-0.4, -0.2) is 32.2 Å². The molecule has 1 aliphatic rings. The van der Waals surface area contributed by atoms with E-state index < -0.39 is 0 Å².